The molecular formula is C11H7F3N2O. The molecule has 0 atom stereocenters. The number of phenols is 1. The zero-order valence-corrected chi connectivity index (χ0v) is 8.44. The van der Waals surface area contributed by atoms with Crippen molar-refractivity contribution in [2.24, 2.45) is 0 Å². The molecule has 17 heavy (non-hydrogen) atoms. The largest absolute Gasteiger partial charge is 0.507 e. The standard InChI is InChI=1S/C11H7F3N2O/c12-11(13,14)7-5-15-10(16-6-7)8-3-1-2-4-9(8)17/h1-6,17H. The van der Waals surface area contributed by atoms with Gasteiger partial charge in [-0.1, -0.05) is 12.1 Å². The van der Waals surface area contributed by atoms with Crippen LogP contribution in [0.4, 0.5) is 13.2 Å². The summed E-state index contributed by atoms with van der Waals surface area (Å²) in [5.74, 6) is -0.0247. The summed E-state index contributed by atoms with van der Waals surface area (Å²) in [6.45, 7) is 0. The molecule has 2 aromatic rings. The summed E-state index contributed by atoms with van der Waals surface area (Å²) in [5.41, 5.74) is -0.627. The Morgan fingerprint density at radius 3 is 2.12 bits per heavy atom. The van der Waals surface area contributed by atoms with Gasteiger partial charge in [-0.25, -0.2) is 9.97 Å². The molecular weight excluding hydrogens is 233 g/mol. The van der Waals surface area contributed by atoms with Crippen molar-refractivity contribution < 1.29 is 18.3 Å². The Bertz CT molecular complexity index is 523. The number of aromatic nitrogens is 2. The first-order chi connectivity index (χ1) is 7.98. The first-order valence-electron chi connectivity index (χ1n) is 4.66. The highest BCUT2D eigenvalue weighted by atomic mass is 19.4. The van der Waals surface area contributed by atoms with Gasteiger partial charge < -0.3 is 5.11 Å². The number of hydrogen-bond donors (Lipinski definition) is 1. The quantitative estimate of drug-likeness (QED) is 0.833. The van der Waals surface area contributed by atoms with E-state index < -0.39 is 11.7 Å². The maximum Gasteiger partial charge on any atom is 0.419 e. The summed E-state index contributed by atoms with van der Waals surface area (Å²) in [6, 6.07) is 6.17. The molecule has 1 aromatic heterocycles. The van der Waals surface area contributed by atoms with Crippen molar-refractivity contribution in [3.8, 4) is 17.1 Å². The maximum absolute atomic E-state index is 12.3. The molecule has 1 heterocycles. The molecule has 1 N–H and O–H groups in total. The van der Waals surface area contributed by atoms with Crippen LogP contribution in [-0.4, -0.2) is 15.1 Å². The molecule has 0 spiro atoms. The normalized spacial score (nSPS) is 11.5. The second kappa shape index (κ2) is 4.04. The predicted molar refractivity (Wildman–Crippen MR) is 54.1 cm³/mol. The molecule has 3 nitrogen and oxygen atoms in total. The van der Waals surface area contributed by atoms with E-state index in [2.05, 4.69) is 9.97 Å². The van der Waals surface area contributed by atoms with Crippen molar-refractivity contribution in [2.75, 3.05) is 0 Å². The lowest BCUT2D eigenvalue weighted by Gasteiger charge is -2.06. The second-order valence-electron chi connectivity index (χ2n) is 3.31. The van der Waals surface area contributed by atoms with Crippen molar-refractivity contribution in [3.05, 3.63) is 42.2 Å². The van der Waals surface area contributed by atoms with Crippen LogP contribution in [0.2, 0.25) is 0 Å². The van der Waals surface area contributed by atoms with E-state index in [9.17, 15) is 18.3 Å². The molecule has 6 heteroatoms. The topological polar surface area (TPSA) is 46.0 Å². The molecule has 0 bridgehead atoms. The van der Waals surface area contributed by atoms with Crippen LogP contribution in [0, 0.1) is 0 Å². The SMILES string of the molecule is Oc1ccccc1-c1ncc(C(F)(F)F)cn1. The summed E-state index contributed by atoms with van der Waals surface area (Å²) in [7, 11) is 0. The van der Waals surface area contributed by atoms with E-state index in [0.29, 0.717) is 18.0 Å². The molecule has 2 rings (SSSR count). The number of para-hydroxylation sites is 1. The van der Waals surface area contributed by atoms with Gasteiger partial charge in [0, 0.05) is 12.4 Å². The van der Waals surface area contributed by atoms with E-state index in [-0.39, 0.29) is 11.6 Å². The van der Waals surface area contributed by atoms with Gasteiger partial charge in [-0.15, -0.1) is 0 Å². The Balaban J connectivity index is 2.40. The molecule has 1 aromatic carbocycles. The summed E-state index contributed by atoms with van der Waals surface area (Å²) in [4.78, 5) is 7.17. The Morgan fingerprint density at radius 1 is 1.00 bits per heavy atom. The number of halogens is 3. The van der Waals surface area contributed by atoms with Crippen LogP contribution in [0.5, 0.6) is 5.75 Å². The second-order valence-corrected chi connectivity index (χ2v) is 3.31. The fraction of sp³-hybridized carbons (Fsp3) is 0.0909. The highest BCUT2D eigenvalue weighted by Crippen LogP contribution is 2.30. The van der Waals surface area contributed by atoms with Crippen molar-refractivity contribution in [1.82, 2.24) is 9.97 Å². The molecule has 0 unspecified atom stereocenters. The van der Waals surface area contributed by atoms with Gasteiger partial charge in [0.2, 0.25) is 0 Å². The van der Waals surface area contributed by atoms with Crippen molar-refractivity contribution in [2.45, 2.75) is 6.18 Å². The highest BCUT2D eigenvalue weighted by Gasteiger charge is 2.31. The van der Waals surface area contributed by atoms with Crippen molar-refractivity contribution in [1.29, 1.82) is 0 Å². The van der Waals surface area contributed by atoms with Crippen LogP contribution >= 0.6 is 0 Å². The minimum absolute atomic E-state index is 0.0519. The van der Waals surface area contributed by atoms with E-state index in [0.717, 1.165) is 0 Å². The third-order valence-corrected chi connectivity index (χ3v) is 2.12. The molecule has 0 fully saturated rings. The fourth-order valence-electron chi connectivity index (χ4n) is 1.28. The zero-order valence-electron chi connectivity index (χ0n) is 8.44. The molecule has 88 valence electrons. The van der Waals surface area contributed by atoms with Crippen LogP contribution in [0.15, 0.2) is 36.7 Å². The van der Waals surface area contributed by atoms with Crippen LogP contribution < -0.4 is 0 Å². The summed E-state index contributed by atoms with van der Waals surface area (Å²) < 4.78 is 36.8. The number of nitrogens with zero attached hydrogens (tertiary/aromatic N) is 2. The summed E-state index contributed by atoms with van der Waals surface area (Å²) in [6.07, 6.45) is -3.08. The monoisotopic (exact) mass is 240 g/mol. The lowest BCUT2D eigenvalue weighted by atomic mass is 10.2. The lowest BCUT2D eigenvalue weighted by molar-refractivity contribution is -0.138. The number of rotatable bonds is 1. The first-order valence-corrected chi connectivity index (χ1v) is 4.66. The van der Waals surface area contributed by atoms with Gasteiger partial charge in [0.05, 0.1) is 11.1 Å². The lowest BCUT2D eigenvalue weighted by Crippen LogP contribution is -2.06. The molecule has 0 aliphatic rings. The highest BCUT2D eigenvalue weighted by molar-refractivity contribution is 5.62. The van der Waals surface area contributed by atoms with Crippen molar-refractivity contribution >= 4 is 0 Å². The predicted octanol–water partition coefficient (Wildman–Crippen LogP) is 2.87. The molecule has 0 radical (unpaired) electrons. The minimum Gasteiger partial charge on any atom is -0.507 e. The number of hydrogen-bond acceptors (Lipinski definition) is 3. The van der Waals surface area contributed by atoms with Crippen LogP contribution in [-0.2, 0) is 6.18 Å². The molecule has 0 saturated heterocycles. The van der Waals surface area contributed by atoms with Crippen LogP contribution in [0.1, 0.15) is 5.56 Å². The average Bonchev–Trinajstić information content (AvgIpc) is 2.29. The van der Waals surface area contributed by atoms with Gasteiger partial charge in [-0.05, 0) is 12.1 Å². The van der Waals surface area contributed by atoms with Gasteiger partial charge >= 0.3 is 6.18 Å². The number of alkyl halides is 3. The molecule has 0 amide bonds. The third-order valence-electron chi connectivity index (χ3n) is 2.12. The van der Waals surface area contributed by atoms with Crippen LogP contribution in [0.25, 0.3) is 11.4 Å². The molecule has 0 aliphatic carbocycles. The third kappa shape index (κ3) is 2.35. The Labute approximate surface area is 94.6 Å². The van der Waals surface area contributed by atoms with Gasteiger partial charge in [-0.3, -0.25) is 0 Å². The summed E-state index contributed by atoms with van der Waals surface area (Å²) in [5, 5.41) is 9.49. The fourth-order valence-corrected chi connectivity index (χ4v) is 1.28. The molecule has 0 saturated carbocycles. The maximum atomic E-state index is 12.3. The van der Waals surface area contributed by atoms with Gasteiger partial charge in [-0.2, -0.15) is 13.2 Å². The van der Waals surface area contributed by atoms with E-state index >= 15 is 0 Å². The van der Waals surface area contributed by atoms with Gasteiger partial charge in [0.1, 0.15) is 5.75 Å². The summed E-state index contributed by atoms with van der Waals surface area (Å²) >= 11 is 0. The van der Waals surface area contributed by atoms with E-state index in [1.54, 1.807) is 12.1 Å². The first kappa shape index (κ1) is 11.4. The number of phenolic OH excluding ortho intramolecular Hbond substituents is 1. The van der Waals surface area contributed by atoms with Crippen molar-refractivity contribution in [3.63, 3.8) is 0 Å². The Morgan fingerprint density at radius 2 is 1.59 bits per heavy atom. The van der Waals surface area contributed by atoms with Gasteiger partial charge in [0.15, 0.2) is 5.82 Å². The number of benzene rings is 1. The molecule has 0 aliphatic heterocycles. The van der Waals surface area contributed by atoms with E-state index in [1.165, 1.54) is 12.1 Å². The van der Waals surface area contributed by atoms with Crippen LogP contribution in [0.3, 0.4) is 0 Å². The Kier molecular flexibility index (Phi) is 2.71. The smallest absolute Gasteiger partial charge is 0.419 e. The van der Waals surface area contributed by atoms with E-state index in [1.807, 2.05) is 0 Å². The minimum atomic E-state index is -4.46. The average molecular weight is 240 g/mol. The van der Waals surface area contributed by atoms with E-state index in [4.69, 9.17) is 0 Å². The number of aromatic hydroxyl groups is 1. The zero-order chi connectivity index (χ0) is 12.5. The van der Waals surface area contributed by atoms with Gasteiger partial charge in [0.25, 0.3) is 0 Å². The Hall–Kier alpha value is -2.11.